The van der Waals surface area contributed by atoms with Crippen molar-refractivity contribution in [1.82, 2.24) is 10.2 Å². The summed E-state index contributed by atoms with van der Waals surface area (Å²) in [6.07, 6.45) is -0.195. The molecule has 1 aromatic rings. The summed E-state index contributed by atoms with van der Waals surface area (Å²) in [5.74, 6) is -4.04. The van der Waals surface area contributed by atoms with Crippen molar-refractivity contribution in [1.29, 1.82) is 0 Å². The lowest BCUT2D eigenvalue weighted by Crippen LogP contribution is -2.41. The van der Waals surface area contributed by atoms with Crippen molar-refractivity contribution in [3.8, 4) is 0 Å². The zero-order valence-corrected chi connectivity index (χ0v) is 10.4. The van der Waals surface area contributed by atoms with E-state index in [1.165, 1.54) is 7.05 Å². The normalized spacial score (nSPS) is 18.6. The lowest BCUT2D eigenvalue weighted by atomic mass is 10.1. The molecule has 8 heteroatoms. The molecule has 3 N–H and O–H groups in total. The summed E-state index contributed by atoms with van der Waals surface area (Å²) < 4.78 is 26.5. The van der Waals surface area contributed by atoms with Gasteiger partial charge in [0.25, 0.3) is 11.8 Å². The zero-order chi connectivity index (χ0) is 15.0. The molecule has 0 bridgehead atoms. The molecule has 1 atom stereocenters. The Morgan fingerprint density at radius 3 is 2.55 bits per heavy atom. The van der Waals surface area contributed by atoms with Crippen molar-refractivity contribution in [2.45, 2.75) is 12.5 Å². The Balaban J connectivity index is 2.20. The summed E-state index contributed by atoms with van der Waals surface area (Å²) >= 11 is 0. The van der Waals surface area contributed by atoms with E-state index in [9.17, 15) is 23.2 Å². The Kier molecular flexibility index (Phi) is 3.39. The van der Waals surface area contributed by atoms with Crippen LogP contribution >= 0.6 is 0 Å². The smallest absolute Gasteiger partial charge is 0.254 e. The number of rotatable bonds is 2. The third-order valence-electron chi connectivity index (χ3n) is 3.02. The first-order chi connectivity index (χ1) is 9.31. The van der Waals surface area contributed by atoms with Crippen LogP contribution in [0.3, 0.4) is 0 Å². The molecule has 1 saturated heterocycles. The molecule has 1 aliphatic heterocycles. The maximum absolute atomic E-state index is 13.5. The van der Waals surface area contributed by atoms with Gasteiger partial charge in [-0.25, -0.2) is 8.78 Å². The highest BCUT2D eigenvalue weighted by Crippen LogP contribution is 2.18. The number of imide groups is 1. The largest absolute Gasteiger partial charge is 0.396 e. The average molecular weight is 283 g/mol. The second kappa shape index (κ2) is 4.87. The average Bonchev–Trinajstić information content (AvgIpc) is 2.61. The van der Waals surface area contributed by atoms with E-state index in [0.717, 1.165) is 11.0 Å². The van der Waals surface area contributed by atoms with E-state index in [0.29, 0.717) is 6.07 Å². The maximum Gasteiger partial charge on any atom is 0.254 e. The molecule has 0 aromatic heterocycles. The maximum atomic E-state index is 13.5. The SMILES string of the molecule is CN1C(=O)CC(NC(=O)c2cc(N)c(F)cc2F)C1=O. The van der Waals surface area contributed by atoms with Crippen molar-refractivity contribution >= 4 is 23.4 Å². The molecule has 1 heterocycles. The predicted molar refractivity (Wildman–Crippen MR) is 64.4 cm³/mol. The van der Waals surface area contributed by atoms with Crippen LogP contribution in [0.1, 0.15) is 16.8 Å². The van der Waals surface area contributed by atoms with Gasteiger partial charge in [0, 0.05) is 13.1 Å². The van der Waals surface area contributed by atoms with Crippen molar-refractivity contribution in [2.75, 3.05) is 12.8 Å². The number of likely N-dealkylation sites (N-methyl/N-ethyl adjacent to an activating group) is 1. The molecule has 20 heavy (non-hydrogen) atoms. The van der Waals surface area contributed by atoms with Gasteiger partial charge in [-0.2, -0.15) is 0 Å². The fourth-order valence-corrected chi connectivity index (χ4v) is 1.84. The zero-order valence-electron chi connectivity index (χ0n) is 10.4. The van der Waals surface area contributed by atoms with Crippen LogP contribution < -0.4 is 11.1 Å². The summed E-state index contributed by atoms with van der Waals surface area (Å²) in [6.45, 7) is 0. The lowest BCUT2D eigenvalue weighted by molar-refractivity contribution is -0.137. The summed E-state index contributed by atoms with van der Waals surface area (Å²) in [5.41, 5.74) is 4.38. The first-order valence-electron chi connectivity index (χ1n) is 5.67. The van der Waals surface area contributed by atoms with E-state index in [1.54, 1.807) is 0 Å². The minimum atomic E-state index is -1.10. The first kappa shape index (κ1) is 13.9. The Labute approximate surface area is 112 Å². The molecule has 6 nitrogen and oxygen atoms in total. The molecule has 2 rings (SSSR count). The highest BCUT2D eigenvalue weighted by molar-refractivity contribution is 6.08. The van der Waals surface area contributed by atoms with Gasteiger partial charge in [0.1, 0.15) is 17.7 Å². The molecule has 1 aliphatic rings. The number of nitrogens with two attached hydrogens (primary N) is 1. The van der Waals surface area contributed by atoms with Crippen LogP contribution in [0.5, 0.6) is 0 Å². The quantitative estimate of drug-likeness (QED) is 0.592. The van der Waals surface area contributed by atoms with Crippen molar-refractivity contribution in [3.63, 3.8) is 0 Å². The van der Waals surface area contributed by atoms with Crippen molar-refractivity contribution in [3.05, 3.63) is 29.3 Å². The van der Waals surface area contributed by atoms with E-state index < -0.39 is 41.0 Å². The first-order valence-corrected chi connectivity index (χ1v) is 5.67. The Morgan fingerprint density at radius 1 is 1.35 bits per heavy atom. The lowest BCUT2D eigenvalue weighted by Gasteiger charge is -2.12. The number of carbonyl (C=O) groups excluding carboxylic acids is 3. The topological polar surface area (TPSA) is 92.5 Å². The van der Waals surface area contributed by atoms with Crippen LogP contribution in [0.2, 0.25) is 0 Å². The third kappa shape index (κ3) is 2.31. The fourth-order valence-electron chi connectivity index (χ4n) is 1.84. The molecule has 106 valence electrons. The number of nitrogens with one attached hydrogen (secondary N) is 1. The highest BCUT2D eigenvalue weighted by atomic mass is 19.1. The standard InChI is InChI=1S/C12H11F2N3O3/c1-17-10(18)4-9(12(17)20)16-11(19)5-2-8(15)7(14)3-6(5)13/h2-3,9H,4,15H2,1H3,(H,16,19). The van der Waals surface area contributed by atoms with Gasteiger partial charge in [0.05, 0.1) is 17.7 Å². The number of carbonyl (C=O) groups is 3. The summed E-state index contributed by atoms with van der Waals surface area (Å²) in [7, 11) is 1.29. The minimum absolute atomic E-state index is 0.195. The molecule has 1 fully saturated rings. The number of amides is 3. The van der Waals surface area contributed by atoms with Crippen LogP contribution in [-0.4, -0.2) is 35.7 Å². The molecule has 1 aromatic carbocycles. The fraction of sp³-hybridized carbons (Fsp3) is 0.250. The number of nitrogen functional groups attached to an aromatic ring is 1. The van der Waals surface area contributed by atoms with Crippen LogP contribution in [0.25, 0.3) is 0 Å². The third-order valence-corrected chi connectivity index (χ3v) is 3.02. The predicted octanol–water partition coefficient (Wildman–Crippen LogP) is 0.0341. The van der Waals surface area contributed by atoms with Gasteiger partial charge >= 0.3 is 0 Å². The number of benzene rings is 1. The number of likely N-dealkylation sites (tertiary alicyclic amines) is 1. The minimum Gasteiger partial charge on any atom is -0.396 e. The molecule has 0 aliphatic carbocycles. The molecule has 0 spiro atoms. The molecule has 0 radical (unpaired) electrons. The molecule has 0 saturated carbocycles. The summed E-state index contributed by atoms with van der Waals surface area (Å²) in [4.78, 5) is 35.6. The van der Waals surface area contributed by atoms with Gasteiger partial charge in [0.15, 0.2) is 0 Å². The Hall–Kier alpha value is -2.51. The van der Waals surface area contributed by atoms with Gasteiger partial charge < -0.3 is 11.1 Å². The Bertz CT molecular complexity index is 618. The van der Waals surface area contributed by atoms with Crippen molar-refractivity contribution in [2.24, 2.45) is 0 Å². The van der Waals surface area contributed by atoms with E-state index >= 15 is 0 Å². The monoisotopic (exact) mass is 283 g/mol. The van der Waals surface area contributed by atoms with E-state index in [4.69, 9.17) is 5.73 Å². The van der Waals surface area contributed by atoms with Gasteiger partial charge in [-0.15, -0.1) is 0 Å². The number of hydrogen-bond acceptors (Lipinski definition) is 4. The number of hydrogen-bond donors (Lipinski definition) is 2. The second-order valence-electron chi connectivity index (χ2n) is 4.37. The van der Waals surface area contributed by atoms with Crippen LogP contribution in [0.4, 0.5) is 14.5 Å². The van der Waals surface area contributed by atoms with E-state index in [2.05, 4.69) is 5.32 Å². The highest BCUT2D eigenvalue weighted by Gasteiger charge is 2.37. The summed E-state index contributed by atoms with van der Waals surface area (Å²) in [6, 6.07) is 0.272. The van der Waals surface area contributed by atoms with Crippen LogP contribution in [-0.2, 0) is 9.59 Å². The van der Waals surface area contributed by atoms with Gasteiger partial charge in [0.2, 0.25) is 5.91 Å². The van der Waals surface area contributed by atoms with E-state index in [1.807, 2.05) is 0 Å². The number of halogens is 2. The number of anilines is 1. The molecular formula is C12H11F2N3O3. The summed E-state index contributed by atoms with van der Waals surface area (Å²) in [5, 5.41) is 2.22. The molecule has 3 amide bonds. The molecular weight excluding hydrogens is 272 g/mol. The van der Waals surface area contributed by atoms with Crippen LogP contribution in [0.15, 0.2) is 12.1 Å². The van der Waals surface area contributed by atoms with E-state index in [-0.39, 0.29) is 12.1 Å². The second-order valence-corrected chi connectivity index (χ2v) is 4.37. The van der Waals surface area contributed by atoms with Crippen LogP contribution in [0, 0.1) is 11.6 Å². The Morgan fingerprint density at radius 2 is 2.00 bits per heavy atom. The van der Waals surface area contributed by atoms with Crippen molar-refractivity contribution < 1.29 is 23.2 Å². The van der Waals surface area contributed by atoms with Gasteiger partial charge in [-0.05, 0) is 6.07 Å². The molecule has 1 unspecified atom stereocenters. The van der Waals surface area contributed by atoms with Gasteiger partial charge in [-0.1, -0.05) is 0 Å². The number of nitrogens with zero attached hydrogens (tertiary/aromatic N) is 1. The van der Waals surface area contributed by atoms with Gasteiger partial charge in [-0.3, -0.25) is 19.3 Å².